The van der Waals surface area contributed by atoms with Gasteiger partial charge in [-0.1, -0.05) is 24.6 Å². The zero-order chi connectivity index (χ0) is 15.6. The fourth-order valence-corrected chi connectivity index (χ4v) is 3.99. The van der Waals surface area contributed by atoms with E-state index in [0.29, 0.717) is 6.42 Å². The topological polar surface area (TPSA) is 74.6 Å². The Morgan fingerprint density at radius 3 is 2.10 bits per heavy atom. The summed E-state index contributed by atoms with van der Waals surface area (Å²) in [5.74, 6) is -0.993. The Balaban J connectivity index is 3.06. The van der Waals surface area contributed by atoms with Crippen molar-refractivity contribution in [2.24, 2.45) is 5.92 Å². The van der Waals surface area contributed by atoms with Crippen molar-refractivity contribution in [3.63, 3.8) is 0 Å². The summed E-state index contributed by atoms with van der Waals surface area (Å²) in [6.07, 6.45) is -0.451. The smallest absolute Gasteiger partial charge is 0.178 e. The second-order valence-electron chi connectivity index (χ2n) is 5.83. The molecular weight excluding hydrogens is 276 g/mol. The highest BCUT2D eigenvalue weighted by molar-refractivity contribution is 7.91. The van der Waals surface area contributed by atoms with Crippen LogP contribution in [0.3, 0.4) is 0 Å². The molecule has 0 aromatic heterocycles. The van der Waals surface area contributed by atoms with Crippen molar-refractivity contribution < 1.29 is 18.6 Å². The Hall–Kier alpha value is -0.910. The van der Waals surface area contributed by atoms with E-state index in [1.54, 1.807) is 31.2 Å². The fourth-order valence-electron chi connectivity index (χ4n) is 2.15. The molecule has 0 aliphatic heterocycles. The van der Waals surface area contributed by atoms with E-state index in [4.69, 9.17) is 0 Å². The average Bonchev–Trinajstić information content (AvgIpc) is 2.34. The van der Waals surface area contributed by atoms with E-state index in [1.807, 2.05) is 6.92 Å². The molecule has 0 radical (unpaired) electrons. The van der Waals surface area contributed by atoms with E-state index >= 15 is 0 Å². The third-order valence-corrected chi connectivity index (χ3v) is 5.36. The maximum absolute atomic E-state index is 12.4. The van der Waals surface area contributed by atoms with E-state index < -0.39 is 27.5 Å². The van der Waals surface area contributed by atoms with E-state index in [1.165, 1.54) is 13.8 Å². The molecule has 5 heteroatoms. The summed E-state index contributed by atoms with van der Waals surface area (Å²) in [7, 11) is -3.53. The third kappa shape index (κ3) is 4.30. The van der Waals surface area contributed by atoms with Crippen molar-refractivity contribution >= 4 is 9.84 Å². The van der Waals surface area contributed by atoms with E-state index in [0.717, 1.165) is 5.56 Å². The van der Waals surface area contributed by atoms with E-state index in [9.17, 15) is 18.6 Å². The molecule has 0 heterocycles. The van der Waals surface area contributed by atoms with E-state index in [2.05, 4.69) is 0 Å². The lowest BCUT2D eigenvalue weighted by Crippen LogP contribution is -2.43. The first-order chi connectivity index (χ1) is 9.08. The highest BCUT2D eigenvalue weighted by Crippen LogP contribution is 2.26. The van der Waals surface area contributed by atoms with Crippen LogP contribution in [-0.4, -0.2) is 36.1 Å². The summed E-state index contributed by atoms with van der Waals surface area (Å²) >= 11 is 0. The molecule has 0 aliphatic carbocycles. The number of aryl methyl sites for hydroxylation is 1. The van der Waals surface area contributed by atoms with Crippen LogP contribution >= 0.6 is 0 Å². The van der Waals surface area contributed by atoms with Gasteiger partial charge in [-0.15, -0.1) is 0 Å². The van der Waals surface area contributed by atoms with Gasteiger partial charge in [-0.3, -0.25) is 0 Å². The zero-order valence-electron chi connectivity index (χ0n) is 12.5. The highest BCUT2D eigenvalue weighted by atomic mass is 32.2. The lowest BCUT2D eigenvalue weighted by Gasteiger charge is -2.32. The predicted octanol–water partition coefficient (Wildman–Crippen LogP) is 1.93. The molecule has 2 atom stereocenters. The van der Waals surface area contributed by atoms with Gasteiger partial charge in [0.05, 0.1) is 22.4 Å². The van der Waals surface area contributed by atoms with Gasteiger partial charge >= 0.3 is 0 Å². The van der Waals surface area contributed by atoms with Gasteiger partial charge in [-0.2, -0.15) is 0 Å². The predicted molar refractivity (Wildman–Crippen MR) is 79.3 cm³/mol. The Morgan fingerprint density at radius 1 is 1.20 bits per heavy atom. The number of hydrogen-bond acceptors (Lipinski definition) is 4. The summed E-state index contributed by atoms with van der Waals surface area (Å²) in [4.78, 5) is 0.223. The third-order valence-electron chi connectivity index (χ3n) is 3.57. The van der Waals surface area contributed by atoms with Crippen LogP contribution in [0.5, 0.6) is 0 Å². The van der Waals surface area contributed by atoms with Crippen LogP contribution in [0.4, 0.5) is 0 Å². The molecule has 0 spiro atoms. The normalized spacial score (nSPS) is 15.9. The quantitative estimate of drug-likeness (QED) is 0.842. The molecule has 0 amide bonds. The van der Waals surface area contributed by atoms with Crippen LogP contribution in [0, 0.1) is 12.8 Å². The van der Waals surface area contributed by atoms with Crippen LogP contribution in [0.15, 0.2) is 29.2 Å². The largest absolute Gasteiger partial charge is 0.393 e. The molecule has 0 bridgehead atoms. The first-order valence-corrected chi connectivity index (χ1v) is 8.43. The summed E-state index contributed by atoms with van der Waals surface area (Å²) in [6, 6.07) is 6.60. The van der Waals surface area contributed by atoms with Gasteiger partial charge in [0.15, 0.2) is 9.84 Å². The minimum atomic E-state index is -3.53. The van der Waals surface area contributed by atoms with Gasteiger partial charge in [0.2, 0.25) is 0 Å². The lowest BCUT2D eigenvalue weighted by molar-refractivity contribution is -0.0370. The molecule has 2 N–H and O–H groups in total. The summed E-state index contributed by atoms with van der Waals surface area (Å²) in [5.41, 5.74) is -0.274. The van der Waals surface area contributed by atoms with Gasteiger partial charge in [-0.25, -0.2) is 8.42 Å². The molecule has 0 saturated heterocycles. The molecule has 0 saturated carbocycles. The Kier molecular flexibility index (Phi) is 5.35. The molecule has 0 aliphatic rings. The van der Waals surface area contributed by atoms with Gasteiger partial charge in [0, 0.05) is 5.92 Å². The van der Waals surface area contributed by atoms with Crippen LogP contribution < -0.4 is 0 Å². The number of aliphatic hydroxyl groups excluding tert-OH is 1. The number of benzene rings is 1. The maximum Gasteiger partial charge on any atom is 0.178 e. The molecule has 1 rings (SSSR count). The first-order valence-electron chi connectivity index (χ1n) is 6.77. The highest BCUT2D eigenvalue weighted by Gasteiger charge is 2.36. The molecule has 1 aromatic carbocycles. The van der Waals surface area contributed by atoms with Crippen LogP contribution in [0.2, 0.25) is 0 Å². The molecule has 114 valence electrons. The molecule has 0 unspecified atom stereocenters. The van der Waals surface area contributed by atoms with Gasteiger partial charge in [-0.05, 0) is 39.3 Å². The monoisotopic (exact) mass is 300 g/mol. The van der Waals surface area contributed by atoms with Gasteiger partial charge < -0.3 is 10.2 Å². The number of hydrogen-bond donors (Lipinski definition) is 2. The van der Waals surface area contributed by atoms with Crippen LogP contribution in [-0.2, 0) is 9.84 Å². The second kappa shape index (κ2) is 6.24. The van der Waals surface area contributed by atoms with Crippen LogP contribution in [0.1, 0.15) is 32.8 Å². The van der Waals surface area contributed by atoms with Gasteiger partial charge in [0.1, 0.15) is 0 Å². The standard InChI is InChI=1S/C15H24O4S/c1-5-14(16)13(15(3,4)17)10-20(18,19)12-8-6-11(2)7-9-12/h6-9,13-14,16-17H,5,10H2,1-4H3/t13-,14-/m0/s1. The number of aliphatic hydroxyl groups is 2. The zero-order valence-corrected chi connectivity index (χ0v) is 13.3. The molecule has 4 nitrogen and oxygen atoms in total. The van der Waals surface area contributed by atoms with Crippen molar-refractivity contribution in [1.82, 2.24) is 0 Å². The maximum atomic E-state index is 12.4. The van der Waals surface area contributed by atoms with Gasteiger partial charge in [0.25, 0.3) is 0 Å². The average molecular weight is 300 g/mol. The van der Waals surface area contributed by atoms with Crippen molar-refractivity contribution in [2.75, 3.05) is 5.75 Å². The Labute approximate surface area is 121 Å². The second-order valence-corrected chi connectivity index (χ2v) is 7.86. The lowest BCUT2D eigenvalue weighted by atomic mass is 9.87. The van der Waals surface area contributed by atoms with Crippen molar-refractivity contribution in [3.8, 4) is 0 Å². The molecule has 20 heavy (non-hydrogen) atoms. The summed E-state index contributed by atoms with van der Waals surface area (Å²) in [6.45, 7) is 6.71. The molecule has 0 fully saturated rings. The fraction of sp³-hybridized carbons (Fsp3) is 0.600. The van der Waals surface area contributed by atoms with Crippen molar-refractivity contribution in [3.05, 3.63) is 29.8 Å². The van der Waals surface area contributed by atoms with Crippen molar-refractivity contribution in [2.45, 2.75) is 50.7 Å². The summed E-state index contributed by atoms with van der Waals surface area (Å²) in [5, 5.41) is 20.1. The number of rotatable bonds is 6. The minimum Gasteiger partial charge on any atom is -0.393 e. The molecular formula is C15H24O4S. The molecule has 1 aromatic rings. The van der Waals surface area contributed by atoms with E-state index in [-0.39, 0.29) is 10.6 Å². The SMILES string of the molecule is CC[C@H](O)[C@H](CS(=O)(=O)c1ccc(C)cc1)C(C)(C)O. The number of sulfone groups is 1. The van der Waals surface area contributed by atoms with Crippen LogP contribution in [0.25, 0.3) is 0 Å². The first kappa shape index (κ1) is 17.1. The Bertz CT molecular complexity index is 526. The van der Waals surface area contributed by atoms with Crippen molar-refractivity contribution in [1.29, 1.82) is 0 Å². The minimum absolute atomic E-state index is 0.223. The Morgan fingerprint density at radius 2 is 1.70 bits per heavy atom. The summed E-state index contributed by atoms with van der Waals surface area (Å²) < 4.78 is 24.8.